The highest BCUT2D eigenvalue weighted by Gasteiger charge is 2.08. The van der Waals surface area contributed by atoms with Gasteiger partial charge in [-0.15, -0.1) is 0 Å². The predicted molar refractivity (Wildman–Crippen MR) is 56.8 cm³/mol. The minimum Gasteiger partial charge on any atom is -0.380 e. The minimum atomic E-state index is 0.100. The first kappa shape index (κ1) is 11.2. The van der Waals surface area contributed by atoms with Crippen molar-refractivity contribution in [2.45, 2.75) is 13.0 Å². The van der Waals surface area contributed by atoms with Gasteiger partial charge in [-0.05, 0) is 6.92 Å². The van der Waals surface area contributed by atoms with Crippen molar-refractivity contribution in [3.63, 3.8) is 0 Å². The van der Waals surface area contributed by atoms with E-state index in [4.69, 9.17) is 21.6 Å². The highest BCUT2D eigenvalue weighted by atomic mass is 35.5. The molecule has 1 aromatic heterocycles. The van der Waals surface area contributed by atoms with Crippen molar-refractivity contribution in [2.24, 2.45) is 0 Å². The maximum Gasteiger partial charge on any atom is 0.185 e. The van der Waals surface area contributed by atoms with Crippen molar-refractivity contribution >= 4 is 28.1 Å². The van der Waals surface area contributed by atoms with Gasteiger partial charge in [0.15, 0.2) is 10.3 Å². The largest absolute Gasteiger partial charge is 0.380 e. The van der Waals surface area contributed by atoms with E-state index in [1.54, 1.807) is 7.11 Å². The average molecular weight is 232 g/mol. The molecule has 6 heteroatoms. The van der Waals surface area contributed by atoms with Crippen molar-refractivity contribution in [3.8, 4) is 6.07 Å². The van der Waals surface area contributed by atoms with Gasteiger partial charge in [0, 0.05) is 13.7 Å². The lowest BCUT2D eigenvalue weighted by molar-refractivity contribution is 0.129. The Labute approximate surface area is 91.5 Å². The molecule has 0 radical (unpaired) electrons. The van der Waals surface area contributed by atoms with Gasteiger partial charge < -0.3 is 10.1 Å². The van der Waals surface area contributed by atoms with E-state index in [1.807, 2.05) is 13.0 Å². The fourth-order valence-electron chi connectivity index (χ4n) is 0.760. The van der Waals surface area contributed by atoms with Gasteiger partial charge in [0.2, 0.25) is 0 Å². The Morgan fingerprint density at radius 2 is 2.50 bits per heavy atom. The summed E-state index contributed by atoms with van der Waals surface area (Å²) in [5, 5.41) is 12.6. The van der Waals surface area contributed by atoms with Crippen LogP contribution in [0.2, 0.25) is 5.15 Å². The summed E-state index contributed by atoms with van der Waals surface area (Å²) in [6, 6.07) is 1.97. The molecule has 0 aromatic carbocycles. The molecule has 1 aromatic rings. The Hall–Kier alpha value is -0.830. The molecule has 1 atom stereocenters. The summed E-state index contributed by atoms with van der Waals surface area (Å²) in [5.74, 6) is 0. The van der Waals surface area contributed by atoms with Crippen LogP contribution in [-0.2, 0) is 4.74 Å². The molecule has 1 unspecified atom stereocenters. The zero-order valence-corrected chi connectivity index (χ0v) is 9.45. The van der Waals surface area contributed by atoms with Crippen LogP contribution >= 0.6 is 22.9 Å². The number of nitriles is 1. The summed E-state index contributed by atoms with van der Waals surface area (Å²) in [6.45, 7) is 2.58. The molecule has 0 saturated heterocycles. The molecule has 0 spiro atoms. The lowest BCUT2D eigenvalue weighted by atomic mass is 10.4. The Balaban J connectivity index is 2.56. The highest BCUT2D eigenvalue weighted by molar-refractivity contribution is 7.16. The molecule has 0 fully saturated rings. The zero-order valence-electron chi connectivity index (χ0n) is 7.87. The molecule has 1 heterocycles. The normalized spacial score (nSPS) is 12.1. The van der Waals surface area contributed by atoms with Crippen LogP contribution in [0.25, 0.3) is 0 Å². The maximum absolute atomic E-state index is 8.64. The Kier molecular flexibility index (Phi) is 4.14. The molecular formula is C8H10ClN3OS. The number of hydrogen-bond acceptors (Lipinski definition) is 5. The molecule has 0 saturated carbocycles. The first-order chi connectivity index (χ1) is 6.67. The van der Waals surface area contributed by atoms with Crippen LogP contribution in [0.4, 0.5) is 5.13 Å². The van der Waals surface area contributed by atoms with E-state index in [0.717, 1.165) is 0 Å². The van der Waals surface area contributed by atoms with Crippen molar-refractivity contribution < 1.29 is 4.74 Å². The lowest BCUT2D eigenvalue weighted by Crippen LogP contribution is -2.17. The highest BCUT2D eigenvalue weighted by Crippen LogP contribution is 2.25. The van der Waals surface area contributed by atoms with Crippen LogP contribution in [0, 0.1) is 11.3 Å². The molecule has 0 aliphatic heterocycles. The average Bonchev–Trinajstić information content (AvgIpc) is 2.55. The van der Waals surface area contributed by atoms with Gasteiger partial charge in [-0.2, -0.15) is 5.26 Å². The van der Waals surface area contributed by atoms with Gasteiger partial charge in [0.25, 0.3) is 0 Å². The molecule has 1 N–H and O–H groups in total. The second kappa shape index (κ2) is 5.15. The third-order valence-electron chi connectivity index (χ3n) is 1.63. The number of nitrogens with one attached hydrogen (secondary N) is 1. The number of halogens is 1. The van der Waals surface area contributed by atoms with E-state index in [0.29, 0.717) is 16.6 Å². The van der Waals surface area contributed by atoms with Crippen molar-refractivity contribution in [3.05, 3.63) is 10.0 Å². The number of rotatable bonds is 4. The molecule has 4 nitrogen and oxygen atoms in total. The van der Waals surface area contributed by atoms with Crippen LogP contribution in [0.5, 0.6) is 0 Å². The zero-order chi connectivity index (χ0) is 10.6. The smallest absolute Gasteiger partial charge is 0.185 e. The predicted octanol–water partition coefficient (Wildman–Crippen LogP) is 2.11. The SMILES string of the molecule is COC(C)CNc1nc(Cl)c(C#N)s1. The Bertz CT molecular complexity index is 347. The van der Waals surface area contributed by atoms with Crippen LogP contribution < -0.4 is 5.32 Å². The van der Waals surface area contributed by atoms with Gasteiger partial charge in [0.1, 0.15) is 10.9 Å². The summed E-state index contributed by atoms with van der Waals surface area (Å²) in [4.78, 5) is 4.41. The summed E-state index contributed by atoms with van der Waals surface area (Å²) >= 11 is 6.94. The molecule has 0 amide bonds. The van der Waals surface area contributed by atoms with Crippen LogP contribution in [0.3, 0.4) is 0 Å². The Morgan fingerprint density at radius 1 is 1.79 bits per heavy atom. The Morgan fingerprint density at radius 3 is 3.00 bits per heavy atom. The van der Waals surface area contributed by atoms with Crippen LogP contribution in [0.1, 0.15) is 11.8 Å². The standard InChI is InChI=1S/C8H10ClN3OS/c1-5(13-2)4-11-8-12-7(9)6(3-10)14-8/h5H,4H2,1-2H3,(H,11,12). The van der Waals surface area contributed by atoms with Gasteiger partial charge in [-0.1, -0.05) is 22.9 Å². The van der Waals surface area contributed by atoms with Gasteiger partial charge in [0.05, 0.1) is 6.10 Å². The number of nitrogens with zero attached hydrogens (tertiary/aromatic N) is 2. The van der Waals surface area contributed by atoms with E-state index >= 15 is 0 Å². The maximum atomic E-state index is 8.64. The lowest BCUT2D eigenvalue weighted by Gasteiger charge is -2.08. The van der Waals surface area contributed by atoms with E-state index < -0.39 is 0 Å². The molecule has 1 rings (SSSR count). The second-order valence-electron chi connectivity index (χ2n) is 2.68. The van der Waals surface area contributed by atoms with Crippen molar-refractivity contribution in [1.29, 1.82) is 5.26 Å². The molecule has 0 aliphatic carbocycles. The minimum absolute atomic E-state index is 0.100. The molecule has 0 aliphatic rings. The van der Waals surface area contributed by atoms with Gasteiger partial charge >= 0.3 is 0 Å². The summed E-state index contributed by atoms with van der Waals surface area (Å²) in [5.41, 5.74) is 0. The number of thiazole rings is 1. The van der Waals surface area contributed by atoms with E-state index in [1.165, 1.54) is 11.3 Å². The number of aromatic nitrogens is 1. The third kappa shape index (κ3) is 2.84. The first-order valence-electron chi connectivity index (χ1n) is 4.00. The third-order valence-corrected chi connectivity index (χ3v) is 2.93. The quantitative estimate of drug-likeness (QED) is 0.863. The van der Waals surface area contributed by atoms with Crippen molar-refractivity contribution in [1.82, 2.24) is 4.98 Å². The number of methoxy groups -OCH3 is 1. The number of ether oxygens (including phenoxy) is 1. The van der Waals surface area contributed by atoms with Crippen molar-refractivity contribution in [2.75, 3.05) is 19.0 Å². The van der Waals surface area contributed by atoms with Gasteiger partial charge in [-0.3, -0.25) is 0 Å². The van der Waals surface area contributed by atoms with Crippen LogP contribution in [0.15, 0.2) is 0 Å². The summed E-state index contributed by atoms with van der Waals surface area (Å²) in [6.07, 6.45) is 0.100. The van der Waals surface area contributed by atoms with Crippen LogP contribution in [-0.4, -0.2) is 24.7 Å². The first-order valence-corrected chi connectivity index (χ1v) is 5.20. The van der Waals surface area contributed by atoms with E-state index in [9.17, 15) is 0 Å². The summed E-state index contributed by atoms with van der Waals surface area (Å²) in [7, 11) is 1.64. The fraction of sp³-hybridized carbons (Fsp3) is 0.500. The van der Waals surface area contributed by atoms with E-state index in [2.05, 4.69) is 10.3 Å². The molecule has 76 valence electrons. The van der Waals surface area contributed by atoms with E-state index in [-0.39, 0.29) is 11.3 Å². The summed E-state index contributed by atoms with van der Waals surface area (Å²) < 4.78 is 5.05. The number of anilines is 1. The molecule has 14 heavy (non-hydrogen) atoms. The fourth-order valence-corrected chi connectivity index (χ4v) is 1.71. The molecular weight excluding hydrogens is 222 g/mol. The topological polar surface area (TPSA) is 57.9 Å². The van der Waals surface area contributed by atoms with Gasteiger partial charge in [-0.25, -0.2) is 4.98 Å². The monoisotopic (exact) mass is 231 g/mol. The number of hydrogen-bond donors (Lipinski definition) is 1. The molecule has 0 bridgehead atoms. The second-order valence-corrected chi connectivity index (χ2v) is 4.04.